The molecule has 0 spiro atoms. The molecule has 3 rings (SSSR count). The van der Waals surface area contributed by atoms with Crippen molar-refractivity contribution in [2.45, 2.75) is 20.0 Å². The molecule has 6 heteroatoms. The first kappa shape index (κ1) is 12.3. The molecule has 5 nitrogen and oxygen atoms in total. The summed E-state index contributed by atoms with van der Waals surface area (Å²) >= 11 is 1.66. The third-order valence-corrected chi connectivity index (χ3v) is 3.79. The Bertz CT molecular complexity index is 686. The smallest absolute Gasteiger partial charge is 0.157 e. The van der Waals surface area contributed by atoms with Gasteiger partial charge in [0, 0.05) is 43.3 Å². The number of nitrogens with zero attached hydrogens (tertiary/aromatic N) is 4. The van der Waals surface area contributed by atoms with Gasteiger partial charge >= 0.3 is 0 Å². The first-order valence-electron chi connectivity index (χ1n) is 6.11. The summed E-state index contributed by atoms with van der Waals surface area (Å²) in [6, 6.07) is 2.15. The second-order valence-corrected chi connectivity index (χ2v) is 5.43. The van der Waals surface area contributed by atoms with E-state index < -0.39 is 0 Å². The molecule has 0 atom stereocenters. The van der Waals surface area contributed by atoms with Crippen LogP contribution < -0.4 is 5.32 Å². The van der Waals surface area contributed by atoms with Crippen LogP contribution in [0.2, 0.25) is 0 Å². The number of aryl methyl sites for hydroxylation is 2. The van der Waals surface area contributed by atoms with Gasteiger partial charge in [0.2, 0.25) is 0 Å². The van der Waals surface area contributed by atoms with Crippen LogP contribution >= 0.6 is 11.3 Å². The van der Waals surface area contributed by atoms with Gasteiger partial charge in [-0.15, -0.1) is 11.3 Å². The number of rotatable bonds is 4. The quantitative estimate of drug-likeness (QED) is 0.790. The van der Waals surface area contributed by atoms with E-state index in [2.05, 4.69) is 26.4 Å². The predicted molar refractivity (Wildman–Crippen MR) is 75.9 cm³/mol. The SMILES string of the molecule is Cc1nn(C)c2ncc(CNCc3nccs3)cc12. The summed E-state index contributed by atoms with van der Waals surface area (Å²) in [6.07, 6.45) is 3.73. The molecular formula is C13H15N5S. The molecule has 19 heavy (non-hydrogen) atoms. The van der Waals surface area contributed by atoms with Crippen molar-refractivity contribution in [1.82, 2.24) is 25.1 Å². The third-order valence-electron chi connectivity index (χ3n) is 3.01. The number of hydrogen-bond acceptors (Lipinski definition) is 5. The average molecular weight is 273 g/mol. The minimum Gasteiger partial charge on any atom is -0.306 e. The summed E-state index contributed by atoms with van der Waals surface area (Å²) in [5.41, 5.74) is 3.12. The molecule has 0 saturated carbocycles. The van der Waals surface area contributed by atoms with Gasteiger partial charge in [-0.3, -0.25) is 4.68 Å². The lowest BCUT2D eigenvalue weighted by Gasteiger charge is -2.03. The first-order chi connectivity index (χ1) is 9.24. The lowest BCUT2D eigenvalue weighted by Crippen LogP contribution is -2.12. The fourth-order valence-corrected chi connectivity index (χ4v) is 2.69. The zero-order valence-electron chi connectivity index (χ0n) is 10.9. The van der Waals surface area contributed by atoms with Gasteiger partial charge in [-0.25, -0.2) is 9.97 Å². The van der Waals surface area contributed by atoms with E-state index in [-0.39, 0.29) is 0 Å². The van der Waals surface area contributed by atoms with Crippen molar-refractivity contribution >= 4 is 22.4 Å². The van der Waals surface area contributed by atoms with Crippen LogP contribution in [0.1, 0.15) is 16.3 Å². The van der Waals surface area contributed by atoms with E-state index in [1.54, 1.807) is 11.3 Å². The average Bonchev–Trinajstić information content (AvgIpc) is 3.00. The van der Waals surface area contributed by atoms with Crippen LogP contribution in [-0.4, -0.2) is 19.7 Å². The maximum Gasteiger partial charge on any atom is 0.157 e. The van der Waals surface area contributed by atoms with Crippen LogP contribution in [0.4, 0.5) is 0 Å². The highest BCUT2D eigenvalue weighted by molar-refractivity contribution is 7.09. The van der Waals surface area contributed by atoms with E-state index in [4.69, 9.17) is 0 Å². The molecular weight excluding hydrogens is 258 g/mol. The summed E-state index contributed by atoms with van der Waals surface area (Å²) in [7, 11) is 1.92. The topological polar surface area (TPSA) is 55.6 Å². The lowest BCUT2D eigenvalue weighted by atomic mass is 10.2. The van der Waals surface area contributed by atoms with Crippen LogP contribution in [-0.2, 0) is 20.1 Å². The van der Waals surface area contributed by atoms with Crippen molar-refractivity contribution in [2.75, 3.05) is 0 Å². The van der Waals surface area contributed by atoms with Gasteiger partial charge in [0.1, 0.15) is 5.01 Å². The molecule has 0 unspecified atom stereocenters. The molecule has 0 amide bonds. The van der Waals surface area contributed by atoms with Crippen LogP contribution in [0.3, 0.4) is 0 Å². The molecule has 0 bridgehead atoms. The summed E-state index contributed by atoms with van der Waals surface area (Å²) in [5, 5.41) is 12.0. The number of pyridine rings is 1. The number of aromatic nitrogens is 4. The number of thiazole rings is 1. The van der Waals surface area contributed by atoms with E-state index in [1.165, 1.54) is 5.56 Å². The van der Waals surface area contributed by atoms with E-state index in [9.17, 15) is 0 Å². The molecule has 98 valence electrons. The minimum atomic E-state index is 0.789. The second-order valence-electron chi connectivity index (χ2n) is 4.45. The Morgan fingerprint density at radius 3 is 3.00 bits per heavy atom. The van der Waals surface area contributed by atoms with Crippen LogP contribution in [0.25, 0.3) is 11.0 Å². The van der Waals surface area contributed by atoms with Crippen LogP contribution in [0.15, 0.2) is 23.8 Å². The monoisotopic (exact) mass is 273 g/mol. The maximum absolute atomic E-state index is 4.46. The van der Waals surface area contributed by atoms with Gasteiger partial charge in [0.05, 0.1) is 5.69 Å². The van der Waals surface area contributed by atoms with Crippen molar-refractivity contribution in [1.29, 1.82) is 0 Å². The fraction of sp³-hybridized carbons (Fsp3) is 0.308. The lowest BCUT2D eigenvalue weighted by molar-refractivity contribution is 0.688. The second kappa shape index (κ2) is 5.07. The Hall–Kier alpha value is -1.79. The molecule has 0 aromatic carbocycles. The zero-order chi connectivity index (χ0) is 13.2. The summed E-state index contributed by atoms with van der Waals surface area (Å²) in [6.45, 7) is 3.59. The molecule has 0 aliphatic heterocycles. The van der Waals surface area contributed by atoms with Gasteiger partial charge < -0.3 is 5.32 Å². The van der Waals surface area contributed by atoms with E-state index in [0.29, 0.717) is 0 Å². The van der Waals surface area contributed by atoms with Gasteiger partial charge in [-0.05, 0) is 18.6 Å². The number of fused-ring (bicyclic) bond motifs is 1. The molecule has 0 aliphatic carbocycles. The molecule has 3 aromatic heterocycles. The molecule has 3 aromatic rings. The zero-order valence-corrected chi connectivity index (χ0v) is 11.7. The van der Waals surface area contributed by atoms with Crippen LogP contribution in [0, 0.1) is 6.92 Å². The van der Waals surface area contributed by atoms with Gasteiger partial charge in [0.25, 0.3) is 0 Å². The summed E-state index contributed by atoms with van der Waals surface area (Å²) in [5.74, 6) is 0. The summed E-state index contributed by atoms with van der Waals surface area (Å²) in [4.78, 5) is 8.71. The van der Waals surface area contributed by atoms with E-state index in [0.717, 1.165) is 34.8 Å². The van der Waals surface area contributed by atoms with E-state index in [1.807, 2.05) is 36.4 Å². The summed E-state index contributed by atoms with van der Waals surface area (Å²) < 4.78 is 1.82. The van der Waals surface area contributed by atoms with Crippen molar-refractivity contribution in [2.24, 2.45) is 7.05 Å². The standard InChI is InChI=1S/C13H15N5S/c1-9-11-5-10(7-16-13(11)18(2)17-9)6-14-8-12-15-3-4-19-12/h3-5,7,14H,6,8H2,1-2H3. The number of nitrogens with one attached hydrogen (secondary N) is 1. The molecule has 0 aliphatic rings. The Balaban J connectivity index is 1.73. The molecule has 0 radical (unpaired) electrons. The highest BCUT2D eigenvalue weighted by Gasteiger charge is 2.06. The van der Waals surface area contributed by atoms with Crippen molar-refractivity contribution in [3.8, 4) is 0 Å². The van der Waals surface area contributed by atoms with Gasteiger partial charge in [-0.2, -0.15) is 5.10 Å². The van der Waals surface area contributed by atoms with Gasteiger partial charge in [-0.1, -0.05) is 0 Å². The molecule has 3 heterocycles. The molecule has 0 fully saturated rings. The Labute approximate surface area is 115 Å². The molecule has 0 saturated heterocycles. The fourth-order valence-electron chi connectivity index (χ4n) is 2.10. The minimum absolute atomic E-state index is 0.789. The number of hydrogen-bond donors (Lipinski definition) is 1. The van der Waals surface area contributed by atoms with Crippen molar-refractivity contribution < 1.29 is 0 Å². The largest absolute Gasteiger partial charge is 0.306 e. The van der Waals surface area contributed by atoms with Crippen molar-refractivity contribution in [3.05, 3.63) is 40.1 Å². The normalized spacial score (nSPS) is 11.3. The van der Waals surface area contributed by atoms with E-state index >= 15 is 0 Å². The molecule has 1 N–H and O–H groups in total. The Morgan fingerprint density at radius 1 is 1.32 bits per heavy atom. The highest BCUT2D eigenvalue weighted by Crippen LogP contribution is 2.16. The maximum atomic E-state index is 4.46. The Kier molecular flexibility index (Phi) is 3.27. The predicted octanol–water partition coefficient (Wildman–Crippen LogP) is 2.02. The van der Waals surface area contributed by atoms with Crippen molar-refractivity contribution in [3.63, 3.8) is 0 Å². The third kappa shape index (κ3) is 2.50. The van der Waals surface area contributed by atoms with Gasteiger partial charge in [0.15, 0.2) is 5.65 Å². The van der Waals surface area contributed by atoms with Crippen LogP contribution in [0.5, 0.6) is 0 Å². The Morgan fingerprint density at radius 2 is 2.21 bits per heavy atom. The highest BCUT2D eigenvalue weighted by atomic mass is 32.1. The first-order valence-corrected chi connectivity index (χ1v) is 6.99.